The van der Waals surface area contributed by atoms with Crippen molar-refractivity contribution in [3.8, 4) is 23.3 Å². The summed E-state index contributed by atoms with van der Waals surface area (Å²) in [6.07, 6.45) is 4.00. The number of aryl methyl sites for hydroxylation is 2. The van der Waals surface area contributed by atoms with E-state index in [1.165, 1.54) is 6.07 Å². The average Bonchev–Trinajstić information content (AvgIpc) is 3.47. The summed E-state index contributed by atoms with van der Waals surface area (Å²) in [5.74, 6) is 6.67. The van der Waals surface area contributed by atoms with Gasteiger partial charge in [0.15, 0.2) is 16.9 Å². The van der Waals surface area contributed by atoms with Crippen LogP contribution in [0.3, 0.4) is 0 Å². The van der Waals surface area contributed by atoms with E-state index in [0.717, 1.165) is 24.2 Å². The van der Waals surface area contributed by atoms with E-state index in [9.17, 15) is 13.6 Å². The number of alkyl halides is 2. The van der Waals surface area contributed by atoms with Gasteiger partial charge in [-0.25, -0.2) is 0 Å². The number of halogens is 2. The van der Waals surface area contributed by atoms with Gasteiger partial charge >= 0.3 is 6.61 Å². The smallest absolute Gasteiger partial charge is 0.387 e. The lowest BCUT2D eigenvalue weighted by Gasteiger charge is -2.15. The summed E-state index contributed by atoms with van der Waals surface area (Å²) in [5, 5.41) is 0. The lowest BCUT2D eigenvalue weighted by Crippen LogP contribution is -2.09. The van der Waals surface area contributed by atoms with Crippen LogP contribution in [0, 0.1) is 31.6 Å². The molecule has 29 heavy (non-hydrogen) atoms. The highest BCUT2D eigenvalue weighted by molar-refractivity contribution is 5.87. The van der Waals surface area contributed by atoms with Gasteiger partial charge in [0.1, 0.15) is 0 Å². The molecule has 1 aromatic carbocycles. The lowest BCUT2D eigenvalue weighted by molar-refractivity contribution is -0.0515. The minimum absolute atomic E-state index is 0.00364. The maximum atomic E-state index is 12.8. The molecule has 0 unspecified atom stereocenters. The molecule has 3 rings (SSSR count). The number of nitrogens with zero attached hydrogens (tertiary/aromatic N) is 1. The van der Waals surface area contributed by atoms with Crippen molar-refractivity contribution < 1.29 is 18.3 Å². The maximum absolute atomic E-state index is 12.8. The fourth-order valence-corrected chi connectivity index (χ4v) is 2.99. The molecule has 1 aliphatic carbocycles. The van der Waals surface area contributed by atoms with Crippen LogP contribution in [-0.2, 0) is 0 Å². The summed E-state index contributed by atoms with van der Waals surface area (Å²) in [5.41, 5.74) is 2.87. The van der Waals surface area contributed by atoms with E-state index < -0.39 is 6.61 Å². The zero-order valence-electron chi connectivity index (χ0n) is 16.7. The number of aromatic nitrogens is 1. The van der Waals surface area contributed by atoms with Gasteiger partial charge in [0.2, 0.25) is 0 Å². The van der Waals surface area contributed by atoms with Crippen LogP contribution in [0.25, 0.3) is 11.8 Å². The van der Waals surface area contributed by atoms with E-state index in [-0.39, 0.29) is 16.9 Å². The molecule has 1 fully saturated rings. The Labute approximate surface area is 168 Å². The number of hydrogen-bond acceptors (Lipinski definition) is 3. The number of allylic oxidation sites excluding steroid dienone is 1. The molecule has 6 heteroatoms. The van der Waals surface area contributed by atoms with Crippen molar-refractivity contribution in [1.82, 2.24) is 4.57 Å². The molecule has 4 nitrogen and oxygen atoms in total. The normalized spacial score (nSPS) is 13.8. The molecular weight excluding hydrogens is 376 g/mol. The van der Waals surface area contributed by atoms with Gasteiger partial charge in [-0.05, 0) is 63.3 Å². The fourth-order valence-electron chi connectivity index (χ4n) is 2.99. The SMILES string of the molecule is CC#CC(=Cn1c(C)cc(=O)cc1C)c1ccc(OC(F)F)c(OCC2CC2)c1. The second-order valence-electron chi connectivity index (χ2n) is 7.06. The van der Waals surface area contributed by atoms with Gasteiger partial charge in [0.05, 0.1) is 6.61 Å². The van der Waals surface area contributed by atoms with Crippen LogP contribution in [0.5, 0.6) is 11.5 Å². The summed E-state index contributed by atoms with van der Waals surface area (Å²) in [6, 6.07) is 7.91. The van der Waals surface area contributed by atoms with Crippen molar-refractivity contribution in [2.75, 3.05) is 6.61 Å². The number of benzene rings is 1. The lowest BCUT2D eigenvalue weighted by atomic mass is 10.1. The monoisotopic (exact) mass is 399 g/mol. The second kappa shape index (κ2) is 8.95. The first-order valence-electron chi connectivity index (χ1n) is 9.43. The van der Waals surface area contributed by atoms with E-state index in [4.69, 9.17) is 4.74 Å². The van der Waals surface area contributed by atoms with E-state index >= 15 is 0 Å². The molecule has 1 saturated carbocycles. The first kappa shape index (κ1) is 20.7. The number of hydrogen-bond donors (Lipinski definition) is 0. The molecule has 152 valence electrons. The number of pyridine rings is 1. The second-order valence-corrected chi connectivity index (χ2v) is 7.06. The zero-order chi connectivity index (χ0) is 21.0. The van der Waals surface area contributed by atoms with Crippen LogP contribution in [-0.4, -0.2) is 17.8 Å². The van der Waals surface area contributed by atoms with Gasteiger partial charge in [-0.1, -0.05) is 5.92 Å². The molecule has 0 saturated heterocycles. The molecule has 0 N–H and O–H groups in total. The molecule has 2 aromatic rings. The predicted octanol–water partition coefficient (Wildman–Crippen LogP) is 4.88. The molecule has 1 aromatic heterocycles. The van der Waals surface area contributed by atoms with Crippen LogP contribution in [0.4, 0.5) is 8.78 Å². The summed E-state index contributed by atoms with van der Waals surface area (Å²) in [4.78, 5) is 11.7. The van der Waals surface area contributed by atoms with Crippen LogP contribution in [0.2, 0.25) is 0 Å². The molecule has 1 aliphatic rings. The predicted molar refractivity (Wildman–Crippen MR) is 109 cm³/mol. The minimum Gasteiger partial charge on any atom is -0.489 e. The standard InChI is InChI=1S/C23H23F2NO3/c1-4-5-19(13-26-15(2)10-20(27)11-16(26)3)18-8-9-21(29-23(24)25)22(12-18)28-14-17-6-7-17/h8-13,17,23H,6-7,14H2,1-3H3. The number of ether oxygens (including phenoxy) is 2. The van der Waals surface area contributed by atoms with Crippen molar-refractivity contribution in [2.24, 2.45) is 5.92 Å². The van der Waals surface area contributed by atoms with E-state index in [2.05, 4.69) is 16.6 Å². The van der Waals surface area contributed by atoms with Gasteiger partial charge in [-0.3, -0.25) is 4.79 Å². The Morgan fingerprint density at radius 3 is 2.48 bits per heavy atom. The third kappa shape index (κ3) is 5.47. The highest BCUT2D eigenvalue weighted by atomic mass is 19.3. The quantitative estimate of drug-likeness (QED) is 0.624. The third-order valence-corrected chi connectivity index (χ3v) is 4.62. The molecule has 0 bridgehead atoms. The first-order chi connectivity index (χ1) is 13.9. The Bertz CT molecular complexity index is 1010. The summed E-state index contributed by atoms with van der Waals surface area (Å²) in [7, 11) is 0. The Morgan fingerprint density at radius 1 is 1.21 bits per heavy atom. The highest BCUT2D eigenvalue weighted by Crippen LogP contribution is 2.35. The van der Waals surface area contributed by atoms with Crippen molar-refractivity contribution in [3.63, 3.8) is 0 Å². The molecular formula is C23H23F2NO3. The molecule has 1 heterocycles. The Kier molecular flexibility index (Phi) is 6.38. The number of rotatable bonds is 7. The topological polar surface area (TPSA) is 40.5 Å². The summed E-state index contributed by atoms with van der Waals surface area (Å²) in [6.45, 7) is 2.94. The largest absolute Gasteiger partial charge is 0.489 e. The van der Waals surface area contributed by atoms with Gasteiger partial charge in [0.25, 0.3) is 0 Å². The van der Waals surface area contributed by atoms with Crippen molar-refractivity contribution >= 4 is 11.8 Å². The molecule has 0 atom stereocenters. The first-order valence-corrected chi connectivity index (χ1v) is 9.43. The Morgan fingerprint density at radius 2 is 1.90 bits per heavy atom. The minimum atomic E-state index is -2.93. The van der Waals surface area contributed by atoms with E-state index in [1.54, 1.807) is 31.2 Å². The Balaban J connectivity index is 2.03. The van der Waals surface area contributed by atoms with Crippen molar-refractivity contribution in [1.29, 1.82) is 0 Å². The molecule has 0 spiro atoms. The average molecular weight is 399 g/mol. The Hall–Kier alpha value is -3.07. The van der Waals surface area contributed by atoms with Crippen LogP contribution >= 0.6 is 0 Å². The van der Waals surface area contributed by atoms with Gasteiger partial charge in [-0.2, -0.15) is 8.78 Å². The highest BCUT2D eigenvalue weighted by Gasteiger charge is 2.23. The molecule has 0 amide bonds. The van der Waals surface area contributed by atoms with Gasteiger partial charge < -0.3 is 14.0 Å². The summed E-state index contributed by atoms with van der Waals surface area (Å²) >= 11 is 0. The van der Waals surface area contributed by atoms with E-state index in [0.29, 0.717) is 23.7 Å². The van der Waals surface area contributed by atoms with Crippen LogP contribution in [0.15, 0.2) is 35.1 Å². The van der Waals surface area contributed by atoms with Gasteiger partial charge in [-0.15, -0.1) is 5.92 Å². The molecule has 0 aliphatic heterocycles. The van der Waals surface area contributed by atoms with Gasteiger partial charge in [0, 0.05) is 35.3 Å². The zero-order valence-corrected chi connectivity index (χ0v) is 16.7. The third-order valence-electron chi connectivity index (χ3n) is 4.62. The fraction of sp³-hybridized carbons (Fsp3) is 0.348. The van der Waals surface area contributed by atoms with Crippen molar-refractivity contribution in [3.05, 3.63) is 57.5 Å². The molecule has 0 radical (unpaired) electrons. The summed E-state index contributed by atoms with van der Waals surface area (Å²) < 4.78 is 37.8. The maximum Gasteiger partial charge on any atom is 0.387 e. The van der Waals surface area contributed by atoms with Crippen LogP contribution in [0.1, 0.15) is 36.7 Å². The van der Waals surface area contributed by atoms with Crippen LogP contribution < -0.4 is 14.9 Å². The van der Waals surface area contributed by atoms with E-state index in [1.807, 2.05) is 24.6 Å². The van der Waals surface area contributed by atoms with Crippen molar-refractivity contribution in [2.45, 2.75) is 40.2 Å².